The fourth-order valence-electron chi connectivity index (χ4n) is 0.901. The average Bonchev–Trinajstić information content (AvgIpc) is 2.20. The minimum Gasteiger partial charge on any atom is -0.480 e. The fourth-order valence-corrected chi connectivity index (χ4v) is 1.12. The number of nitrogens with zero attached hydrogens (tertiary/aromatic N) is 2. The van der Waals surface area contributed by atoms with Crippen LogP contribution in [0.5, 0.6) is 0 Å². The number of aliphatic carboxylic acids is 1. The first-order chi connectivity index (χ1) is 7.41. The Hall–Kier alpha value is -1.89. The van der Waals surface area contributed by atoms with Crippen LogP contribution in [0.3, 0.4) is 0 Å². The first-order valence-corrected chi connectivity index (χ1v) is 4.59. The minimum absolute atomic E-state index is 0.00213. The zero-order valence-electron chi connectivity index (χ0n) is 8.18. The second kappa shape index (κ2) is 4.75. The summed E-state index contributed by atoms with van der Waals surface area (Å²) in [6, 6.07) is 0.220. The number of anilines is 1. The summed E-state index contributed by atoms with van der Waals surface area (Å²) >= 11 is 5.70. The van der Waals surface area contributed by atoms with E-state index < -0.39 is 16.9 Å². The monoisotopic (exact) mass is 245 g/mol. The van der Waals surface area contributed by atoms with Gasteiger partial charge in [0.1, 0.15) is 18.1 Å². The molecule has 0 aliphatic carbocycles. The summed E-state index contributed by atoms with van der Waals surface area (Å²) < 4.78 is 0. The van der Waals surface area contributed by atoms with Gasteiger partial charge in [-0.1, -0.05) is 11.6 Å². The first-order valence-electron chi connectivity index (χ1n) is 4.21. The van der Waals surface area contributed by atoms with Gasteiger partial charge in [0.25, 0.3) is 5.69 Å². The molecule has 86 valence electrons. The molecule has 0 aliphatic heterocycles. The van der Waals surface area contributed by atoms with E-state index in [0.29, 0.717) is 0 Å². The lowest BCUT2D eigenvalue weighted by Crippen LogP contribution is -2.26. The maximum Gasteiger partial charge on any atom is 0.325 e. The van der Waals surface area contributed by atoms with Crippen LogP contribution in [0.15, 0.2) is 12.3 Å². The van der Waals surface area contributed by atoms with Crippen LogP contribution in [0.1, 0.15) is 6.92 Å². The predicted molar refractivity (Wildman–Crippen MR) is 56.6 cm³/mol. The number of hydrogen-bond acceptors (Lipinski definition) is 5. The average molecular weight is 246 g/mol. The first kappa shape index (κ1) is 12.2. The van der Waals surface area contributed by atoms with Crippen LogP contribution in [0, 0.1) is 10.1 Å². The molecule has 1 aromatic rings. The largest absolute Gasteiger partial charge is 0.480 e. The molecule has 8 heteroatoms. The number of nitro groups is 1. The van der Waals surface area contributed by atoms with Gasteiger partial charge in [0.05, 0.1) is 9.95 Å². The molecular weight excluding hydrogens is 238 g/mol. The molecule has 0 bridgehead atoms. The Morgan fingerprint density at radius 1 is 1.75 bits per heavy atom. The molecule has 1 rings (SSSR count). The van der Waals surface area contributed by atoms with E-state index in [0.717, 1.165) is 12.3 Å². The van der Waals surface area contributed by atoms with Gasteiger partial charge >= 0.3 is 5.97 Å². The molecule has 0 aromatic carbocycles. The summed E-state index contributed by atoms with van der Waals surface area (Å²) in [6.07, 6.45) is 1.00. The Bertz CT molecular complexity index is 437. The normalized spacial score (nSPS) is 11.9. The molecule has 0 saturated carbocycles. The van der Waals surface area contributed by atoms with Crippen LogP contribution in [0.4, 0.5) is 11.5 Å². The number of halogens is 1. The number of carboxylic acids is 1. The number of aromatic nitrogens is 1. The minimum atomic E-state index is -1.07. The van der Waals surface area contributed by atoms with Crippen LogP contribution in [0.2, 0.25) is 5.02 Å². The van der Waals surface area contributed by atoms with Crippen LogP contribution >= 0.6 is 11.6 Å². The van der Waals surface area contributed by atoms with E-state index in [1.807, 2.05) is 0 Å². The molecule has 0 fully saturated rings. The van der Waals surface area contributed by atoms with Crippen LogP contribution in [0.25, 0.3) is 0 Å². The van der Waals surface area contributed by atoms with E-state index in [-0.39, 0.29) is 16.5 Å². The number of carbonyl (C=O) groups is 1. The summed E-state index contributed by atoms with van der Waals surface area (Å²) in [5.41, 5.74) is -0.251. The van der Waals surface area contributed by atoms with E-state index >= 15 is 0 Å². The molecule has 1 heterocycles. The summed E-state index contributed by atoms with van der Waals surface area (Å²) in [7, 11) is 0. The quantitative estimate of drug-likeness (QED) is 0.615. The van der Waals surface area contributed by atoms with Gasteiger partial charge in [0.2, 0.25) is 0 Å². The van der Waals surface area contributed by atoms with Crippen molar-refractivity contribution in [2.45, 2.75) is 13.0 Å². The van der Waals surface area contributed by atoms with Gasteiger partial charge in [-0.2, -0.15) is 0 Å². The lowest BCUT2D eigenvalue weighted by atomic mass is 10.3. The van der Waals surface area contributed by atoms with Gasteiger partial charge < -0.3 is 10.4 Å². The lowest BCUT2D eigenvalue weighted by molar-refractivity contribution is -0.385. The molecule has 16 heavy (non-hydrogen) atoms. The number of pyridine rings is 1. The Labute approximate surface area is 95.2 Å². The summed E-state index contributed by atoms with van der Waals surface area (Å²) in [5.74, 6) is -0.974. The number of carboxylic acid groups (broad SMARTS) is 1. The van der Waals surface area contributed by atoms with Crippen molar-refractivity contribution < 1.29 is 14.8 Å². The van der Waals surface area contributed by atoms with Crippen LogP contribution in [-0.2, 0) is 4.79 Å². The maximum absolute atomic E-state index is 10.5. The second-order valence-corrected chi connectivity index (χ2v) is 3.39. The Kier molecular flexibility index (Phi) is 3.62. The van der Waals surface area contributed by atoms with Gasteiger partial charge in [-0.15, -0.1) is 0 Å². The van der Waals surface area contributed by atoms with Crippen molar-refractivity contribution in [1.82, 2.24) is 4.98 Å². The highest BCUT2D eigenvalue weighted by Gasteiger charge is 2.15. The zero-order valence-corrected chi connectivity index (χ0v) is 8.93. The smallest absolute Gasteiger partial charge is 0.325 e. The number of hydrogen-bond donors (Lipinski definition) is 2. The van der Waals surface area contributed by atoms with Gasteiger partial charge in [0.15, 0.2) is 0 Å². The third-order valence-electron chi connectivity index (χ3n) is 1.76. The molecule has 1 atom stereocenters. The van der Waals surface area contributed by atoms with E-state index in [2.05, 4.69) is 10.3 Å². The van der Waals surface area contributed by atoms with Crippen molar-refractivity contribution in [2.24, 2.45) is 0 Å². The Morgan fingerprint density at radius 3 is 2.81 bits per heavy atom. The second-order valence-electron chi connectivity index (χ2n) is 2.99. The molecule has 1 aromatic heterocycles. The van der Waals surface area contributed by atoms with Gasteiger partial charge in [-0.3, -0.25) is 14.9 Å². The maximum atomic E-state index is 10.5. The van der Waals surface area contributed by atoms with Gasteiger partial charge in [-0.05, 0) is 6.92 Å². The molecule has 0 unspecified atom stereocenters. The third-order valence-corrected chi connectivity index (χ3v) is 2.05. The number of rotatable bonds is 4. The van der Waals surface area contributed by atoms with Gasteiger partial charge in [0, 0.05) is 6.07 Å². The molecule has 7 nitrogen and oxygen atoms in total. The van der Waals surface area contributed by atoms with Crippen molar-refractivity contribution in [2.75, 3.05) is 5.32 Å². The molecule has 2 N–H and O–H groups in total. The SMILES string of the molecule is C[C@@H](Nc1ncc([N+](=O)[O-])cc1Cl)C(=O)O. The number of nitrogens with one attached hydrogen (secondary N) is 1. The summed E-state index contributed by atoms with van der Waals surface area (Å²) in [6.45, 7) is 1.40. The zero-order chi connectivity index (χ0) is 12.3. The Balaban J connectivity index is 2.91. The van der Waals surface area contributed by atoms with Crippen molar-refractivity contribution in [3.05, 3.63) is 27.4 Å². The lowest BCUT2D eigenvalue weighted by Gasteiger charge is -2.10. The third kappa shape index (κ3) is 2.80. The molecule has 0 saturated heterocycles. The van der Waals surface area contributed by atoms with Crippen LogP contribution in [-0.4, -0.2) is 27.0 Å². The van der Waals surface area contributed by atoms with Crippen molar-refractivity contribution in [3.63, 3.8) is 0 Å². The van der Waals surface area contributed by atoms with E-state index in [9.17, 15) is 14.9 Å². The molecule has 0 spiro atoms. The molecule has 0 radical (unpaired) electrons. The molecule has 0 aliphatic rings. The van der Waals surface area contributed by atoms with Crippen molar-refractivity contribution >= 4 is 29.1 Å². The van der Waals surface area contributed by atoms with E-state index in [1.54, 1.807) is 0 Å². The molecule has 0 amide bonds. The predicted octanol–water partition coefficient (Wildman–Crippen LogP) is 1.53. The van der Waals surface area contributed by atoms with Crippen molar-refractivity contribution in [3.8, 4) is 0 Å². The molecular formula is C8H8ClN3O4. The van der Waals surface area contributed by atoms with Gasteiger partial charge in [-0.25, -0.2) is 4.98 Å². The highest BCUT2D eigenvalue weighted by Crippen LogP contribution is 2.24. The highest BCUT2D eigenvalue weighted by atomic mass is 35.5. The summed E-state index contributed by atoms with van der Waals surface area (Å²) in [5, 5.41) is 21.5. The van der Waals surface area contributed by atoms with E-state index in [1.165, 1.54) is 6.92 Å². The van der Waals surface area contributed by atoms with Crippen LogP contribution < -0.4 is 5.32 Å². The highest BCUT2D eigenvalue weighted by molar-refractivity contribution is 6.33. The Morgan fingerprint density at radius 2 is 2.38 bits per heavy atom. The standard InChI is InChI=1S/C8H8ClN3O4/c1-4(8(13)14)11-7-6(9)2-5(3-10-7)12(15)16/h2-4H,1H3,(H,10,11)(H,13,14)/t4-/m1/s1. The van der Waals surface area contributed by atoms with Crippen molar-refractivity contribution in [1.29, 1.82) is 0 Å². The van der Waals surface area contributed by atoms with E-state index in [4.69, 9.17) is 16.7 Å². The topological polar surface area (TPSA) is 105 Å². The summed E-state index contributed by atoms with van der Waals surface area (Å²) in [4.78, 5) is 24.0. The fraction of sp³-hybridized carbons (Fsp3) is 0.250.